The van der Waals surface area contributed by atoms with Crippen molar-refractivity contribution in [2.45, 2.75) is 18.8 Å². The van der Waals surface area contributed by atoms with Gasteiger partial charge in [0.25, 0.3) is 11.8 Å². The zero-order chi connectivity index (χ0) is 23.5. The van der Waals surface area contributed by atoms with Crippen molar-refractivity contribution < 1.29 is 32.3 Å². The van der Waals surface area contributed by atoms with Gasteiger partial charge in [-0.05, 0) is 28.8 Å². The van der Waals surface area contributed by atoms with Crippen molar-refractivity contribution in [3.8, 4) is 0 Å². The molecule has 11 heteroatoms. The lowest BCUT2D eigenvalue weighted by Gasteiger charge is -2.14. The number of thiophene rings is 1. The Hall–Kier alpha value is -3.18. The van der Waals surface area contributed by atoms with Gasteiger partial charge in [0.05, 0.1) is 17.6 Å². The molecule has 0 saturated carbocycles. The van der Waals surface area contributed by atoms with Crippen molar-refractivity contribution in [3.63, 3.8) is 0 Å². The normalized spacial score (nSPS) is 13.7. The van der Waals surface area contributed by atoms with Gasteiger partial charge in [-0.3, -0.25) is 9.59 Å². The molecule has 0 spiro atoms. The summed E-state index contributed by atoms with van der Waals surface area (Å²) < 4.78 is 44.9. The summed E-state index contributed by atoms with van der Waals surface area (Å²) in [5, 5.41) is 4.67. The number of hydrogen-bond acceptors (Lipinski definition) is 6. The standard InChI is InChI=1S/C21H19F3N3O4S/c1-31-20(30)15(9-25)27-19(29)17-14(21(22,23)24)8-16(32-17)18(28)26-10-11-3-2-4-13(7-11)12-5-6-12/h2-8,15H,9-10,25H2,1H3,(H,26,28)(H,27,29)/t15-/m0/s1. The molecule has 7 nitrogen and oxygen atoms in total. The van der Waals surface area contributed by atoms with Gasteiger partial charge in [-0.25, -0.2) is 4.79 Å². The number of benzene rings is 1. The first kappa shape index (κ1) is 23.5. The van der Waals surface area contributed by atoms with Crippen molar-refractivity contribution in [3.05, 3.63) is 69.3 Å². The molecule has 3 rings (SSSR count). The molecule has 1 aromatic carbocycles. The predicted octanol–water partition coefficient (Wildman–Crippen LogP) is 2.53. The Morgan fingerprint density at radius 3 is 2.50 bits per heavy atom. The molecule has 2 aromatic rings. The van der Waals surface area contributed by atoms with E-state index in [1.807, 2.05) is 30.7 Å². The van der Waals surface area contributed by atoms with E-state index in [4.69, 9.17) is 5.73 Å². The first-order chi connectivity index (χ1) is 15.1. The smallest absolute Gasteiger partial charge is 0.418 e. The molecule has 1 aliphatic rings. The molecule has 1 aliphatic carbocycles. The highest BCUT2D eigenvalue weighted by Gasteiger charge is 2.39. The number of alkyl halides is 3. The van der Waals surface area contributed by atoms with E-state index in [1.165, 1.54) is 0 Å². The molecule has 0 aliphatic heterocycles. The van der Waals surface area contributed by atoms with Gasteiger partial charge in [0.15, 0.2) is 0 Å². The van der Waals surface area contributed by atoms with Crippen molar-refractivity contribution in [2.24, 2.45) is 5.73 Å². The average molecular weight is 466 g/mol. The lowest BCUT2D eigenvalue weighted by Crippen LogP contribution is -2.46. The maximum absolute atomic E-state index is 13.5. The van der Waals surface area contributed by atoms with Crippen LogP contribution in [0.4, 0.5) is 13.2 Å². The highest BCUT2D eigenvalue weighted by Crippen LogP contribution is 2.37. The van der Waals surface area contributed by atoms with Gasteiger partial charge in [0.1, 0.15) is 10.9 Å². The number of amides is 2. The molecule has 0 unspecified atom stereocenters. The third-order valence-electron chi connectivity index (χ3n) is 4.54. The summed E-state index contributed by atoms with van der Waals surface area (Å²) in [5.41, 5.74) is 6.92. The Morgan fingerprint density at radius 2 is 1.91 bits per heavy atom. The number of nitrogens with one attached hydrogen (secondary N) is 2. The Kier molecular flexibility index (Phi) is 6.99. The van der Waals surface area contributed by atoms with E-state index < -0.39 is 40.4 Å². The molecule has 1 radical (unpaired) electrons. The van der Waals surface area contributed by atoms with Gasteiger partial charge in [0, 0.05) is 19.5 Å². The molecular weight excluding hydrogens is 447 g/mol. The summed E-state index contributed by atoms with van der Waals surface area (Å²) in [6, 6.07) is 6.66. The monoisotopic (exact) mass is 466 g/mol. The maximum Gasteiger partial charge on any atom is 0.418 e. The Morgan fingerprint density at radius 1 is 1.19 bits per heavy atom. The minimum atomic E-state index is -4.88. The lowest BCUT2D eigenvalue weighted by molar-refractivity contribution is -0.142. The second-order valence-corrected chi connectivity index (χ2v) is 7.86. The number of esters is 1. The Labute approximate surface area is 185 Å². The van der Waals surface area contributed by atoms with E-state index in [9.17, 15) is 27.6 Å². The third kappa shape index (κ3) is 5.54. The van der Waals surface area contributed by atoms with Gasteiger partial charge in [0.2, 0.25) is 0 Å². The van der Waals surface area contributed by atoms with Gasteiger partial charge < -0.3 is 21.1 Å². The fraction of sp³-hybridized carbons (Fsp3) is 0.238. The summed E-state index contributed by atoms with van der Waals surface area (Å²) in [6.07, 6.45) is -1.01. The van der Waals surface area contributed by atoms with Crippen molar-refractivity contribution in [2.75, 3.05) is 13.7 Å². The third-order valence-corrected chi connectivity index (χ3v) is 5.67. The molecule has 1 aromatic heterocycles. The number of allylic oxidation sites excluding steroid dienone is 2. The van der Waals surface area contributed by atoms with E-state index >= 15 is 0 Å². The number of ether oxygens (including phenoxy) is 1. The summed E-state index contributed by atoms with van der Waals surface area (Å²) >= 11 is 0.376. The van der Waals surface area contributed by atoms with Gasteiger partial charge >= 0.3 is 12.1 Å². The quantitative estimate of drug-likeness (QED) is 0.518. The first-order valence-corrected chi connectivity index (χ1v) is 10.2. The molecule has 0 bridgehead atoms. The van der Waals surface area contributed by atoms with E-state index in [0.29, 0.717) is 17.4 Å². The zero-order valence-corrected chi connectivity index (χ0v) is 17.6. The van der Waals surface area contributed by atoms with Crippen LogP contribution < -0.4 is 16.4 Å². The second kappa shape index (κ2) is 9.53. The molecule has 1 atom stereocenters. The molecule has 169 valence electrons. The van der Waals surface area contributed by atoms with Crippen LogP contribution >= 0.6 is 11.3 Å². The van der Waals surface area contributed by atoms with Crippen LogP contribution in [0.15, 0.2) is 36.4 Å². The van der Waals surface area contributed by atoms with Crippen LogP contribution in [0.1, 0.15) is 36.0 Å². The summed E-state index contributed by atoms with van der Waals surface area (Å²) in [7, 11) is 1.06. The van der Waals surface area contributed by atoms with Crippen LogP contribution in [-0.2, 0) is 22.3 Å². The molecule has 32 heavy (non-hydrogen) atoms. The van der Waals surface area contributed by atoms with E-state index in [1.54, 1.807) is 6.07 Å². The number of hydrogen-bond donors (Lipinski definition) is 3. The number of nitrogens with two attached hydrogens (primary N) is 1. The molecule has 2 amide bonds. The SMILES string of the molecule is COC(=O)[C@H](CN)NC(=O)c1sc(C(=O)NCc2cccc(C3=C[CH]3)c2)cc1C(F)(F)F. The topological polar surface area (TPSA) is 111 Å². The van der Waals surface area contributed by atoms with Gasteiger partial charge in [-0.15, -0.1) is 11.3 Å². The average Bonchev–Trinajstić information content (AvgIpc) is 3.51. The van der Waals surface area contributed by atoms with E-state index in [0.717, 1.165) is 23.8 Å². The fourth-order valence-electron chi connectivity index (χ4n) is 2.83. The Balaban J connectivity index is 1.76. The minimum Gasteiger partial charge on any atom is -0.467 e. The van der Waals surface area contributed by atoms with Crippen molar-refractivity contribution in [1.29, 1.82) is 0 Å². The van der Waals surface area contributed by atoms with E-state index in [2.05, 4.69) is 15.4 Å². The number of methoxy groups -OCH3 is 1. The van der Waals surface area contributed by atoms with Crippen LogP contribution in [0.2, 0.25) is 0 Å². The lowest BCUT2D eigenvalue weighted by atomic mass is 10.1. The highest BCUT2D eigenvalue weighted by molar-refractivity contribution is 7.16. The molecular formula is C21H19F3N3O4S. The minimum absolute atomic E-state index is 0.0956. The summed E-state index contributed by atoms with van der Waals surface area (Å²) in [5.74, 6) is -2.83. The van der Waals surface area contributed by atoms with Crippen LogP contribution in [0.25, 0.3) is 5.57 Å². The maximum atomic E-state index is 13.5. The van der Waals surface area contributed by atoms with Crippen LogP contribution in [-0.4, -0.2) is 37.5 Å². The zero-order valence-electron chi connectivity index (χ0n) is 16.8. The predicted molar refractivity (Wildman–Crippen MR) is 112 cm³/mol. The first-order valence-electron chi connectivity index (χ1n) is 9.36. The summed E-state index contributed by atoms with van der Waals surface area (Å²) in [4.78, 5) is 35.5. The molecule has 1 heterocycles. The van der Waals surface area contributed by atoms with Crippen molar-refractivity contribution in [1.82, 2.24) is 10.6 Å². The van der Waals surface area contributed by atoms with Crippen LogP contribution in [0, 0.1) is 6.42 Å². The second-order valence-electron chi connectivity index (χ2n) is 6.81. The van der Waals surface area contributed by atoms with E-state index in [-0.39, 0.29) is 18.0 Å². The number of rotatable bonds is 8. The Bertz CT molecular complexity index is 1080. The number of carbonyl (C=O) groups excluding carboxylic acids is 3. The highest BCUT2D eigenvalue weighted by atomic mass is 32.1. The summed E-state index contributed by atoms with van der Waals surface area (Å²) in [6.45, 7) is -0.273. The largest absolute Gasteiger partial charge is 0.467 e. The molecule has 0 fully saturated rings. The van der Waals surface area contributed by atoms with Gasteiger partial charge in [-0.1, -0.05) is 24.3 Å². The number of halogens is 3. The van der Waals surface area contributed by atoms with Gasteiger partial charge in [-0.2, -0.15) is 13.2 Å². The van der Waals surface area contributed by atoms with Crippen LogP contribution in [0.3, 0.4) is 0 Å². The molecule has 4 N–H and O–H groups in total. The van der Waals surface area contributed by atoms with Crippen LogP contribution in [0.5, 0.6) is 0 Å². The van der Waals surface area contributed by atoms with Crippen molar-refractivity contribution >= 4 is 34.7 Å². The number of carbonyl (C=O) groups is 3. The molecule has 0 saturated heterocycles. The fourth-order valence-corrected chi connectivity index (χ4v) is 3.82.